The smallest absolute Gasteiger partial charge is 0.237 e. The fourth-order valence-corrected chi connectivity index (χ4v) is 4.16. The first-order valence-electron chi connectivity index (χ1n) is 10.2. The van der Waals surface area contributed by atoms with Crippen molar-refractivity contribution in [2.24, 2.45) is 0 Å². The van der Waals surface area contributed by atoms with Crippen molar-refractivity contribution in [2.75, 3.05) is 33.3 Å². The molecular formula is C22H25FN4O3. The average Bonchev–Trinajstić information content (AvgIpc) is 3.16. The number of carbonyl (C=O) groups is 1. The van der Waals surface area contributed by atoms with Gasteiger partial charge in [-0.25, -0.2) is 4.39 Å². The van der Waals surface area contributed by atoms with Crippen molar-refractivity contribution in [1.82, 2.24) is 14.8 Å². The lowest BCUT2D eigenvalue weighted by molar-refractivity contribution is -0.133. The van der Waals surface area contributed by atoms with E-state index in [0.717, 1.165) is 48.3 Å². The first-order chi connectivity index (χ1) is 14.6. The molecule has 1 aromatic carbocycles. The van der Waals surface area contributed by atoms with Crippen LogP contribution < -0.4 is 9.47 Å². The lowest BCUT2D eigenvalue weighted by atomic mass is 10.1. The Morgan fingerprint density at radius 1 is 1.33 bits per heavy atom. The molecule has 1 unspecified atom stereocenters. The van der Waals surface area contributed by atoms with Gasteiger partial charge in [-0.3, -0.25) is 14.7 Å². The maximum Gasteiger partial charge on any atom is 0.237 e. The van der Waals surface area contributed by atoms with Gasteiger partial charge in [0.05, 0.1) is 31.8 Å². The first kappa shape index (κ1) is 20.4. The van der Waals surface area contributed by atoms with Crippen LogP contribution in [0.25, 0.3) is 10.9 Å². The van der Waals surface area contributed by atoms with E-state index < -0.39 is 12.2 Å². The van der Waals surface area contributed by atoms with E-state index in [1.54, 1.807) is 13.3 Å². The number of piperidine rings is 1. The number of alkyl halides is 1. The number of benzene rings is 1. The van der Waals surface area contributed by atoms with Gasteiger partial charge in [-0.2, -0.15) is 5.26 Å². The molecule has 30 heavy (non-hydrogen) atoms. The number of ether oxygens (including phenoxy) is 2. The number of amides is 1. The van der Waals surface area contributed by atoms with Crippen molar-refractivity contribution < 1.29 is 18.7 Å². The number of hydrogen-bond acceptors (Lipinski definition) is 6. The first-order valence-corrected chi connectivity index (χ1v) is 10.2. The molecule has 2 aliphatic rings. The van der Waals surface area contributed by atoms with Gasteiger partial charge >= 0.3 is 0 Å². The highest BCUT2D eigenvalue weighted by Crippen LogP contribution is 2.29. The zero-order chi connectivity index (χ0) is 21.1. The number of hydrogen-bond donors (Lipinski definition) is 0. The quantitative estimate of drug-likeness (QED) is 0.751. The third-order valence-corrected chi connectivity index (χ3v) is 5.82. The van der Waals surface area contributed by atoms with E-state index in [-0.39, 0.29) is 31.5 Å². The molecule has 3 heterocycles. The number of likely N-dealkylation sites (tertiary alicyclic amines) is 2. The maximum atomic E-state index is 13.6. The Morgan fingerprint density at radius 2 is 2.13 bits per heavy atom. The number of nitriles is 1. The van der Waals surface area contributed by atoms with Crippen LogP contribution in [-0.2, 0) is 4.79 Å². The third-order valence-electron chi connectivity index (χ3n) is 5.82. The van der Waals surface area contributed by atoms with Crippen molar-refractivity contribution in [2.45, 2.75) is 37.6 Å². The number of halogens is 1. The van der Waals surface area contributed by atoms with Gasteiger partial charge in [0.25, 0.3) is 0 Å². The average molecular weight is 412 g/mol. The Morgan fingerprint density at radius 3 is 2.87 bits per heavy atom. The number of carbonyl (C=O) groups excluding carboxylic acids is 1. The molecule has 0 saturated carbocycles. The minimum atomic E-state index is -1.10. The van der Waals surface area contributed by atoms with E-state index in [2.05, 4.69) is 9.88 Å². The van der Waals surface area contributed by atoms with Crippen LogP contribution in [0.3, 0.4) is 0 Å². The monoisotopic (exact) mass is 412 g/mol. The van der Waals surface area contributed by atoms with Crippen molar-refractivity contribution in [3.05, 3.63) is 30.5 Å². The molecule has 0 aliphatic carbocycles. The van der Waals surface area contributed by atoms with Crippen LogP contribution in [0.1, 0.15) is 19.3 Å². The molecule has 0 N–H and O–H groups in total. The molecule has 158 valence electrons. The van der Waals surface area contributed by atoms with Crippen LogP contribution in [-0.4, -0.2) is 72.3 Å². The fraction of sp³-hybridized carbons (Fsp3) is 0.500. The normalized spacial score (nSPS) is 22.8. The minimum Gasteiger partial charge on any atom is -0.497 e. The van der Waals surface area contributed by atoms with Gasteiger partial charge in [-0.15, -0.1) is 0 Å². The van der Waals surface area contributed by atoms with Crippen LogP contribution in [0.5, 0.6) is 11.5 Å². The van der Waals surface area contributed by atoms with Crippen molar-refractivity contribution in [3.8, 4) is 17.6 Å². The third kappa shape index (κ3) is 4.31. The number of methoxy groups -OCH3 is 1. The molecule has 0 bridgehead atoms. The number of nitrogens with zero attached hydrogens (tertiary/aromatic N) is 4. The Hall–Kier alpha value is -2.92. The van der Waals surface area contributed by atoms with Gasteiger partial charge < -0.3 is 14.4 Å². The lowest BCUT2D eigenvalue weighted by Gasteiger charge is -2.33. The summed E-state index contributed by atoms with van der Waals surface area (Å²) in [7, 11) is 1.63. The van der Waals surface area contributed by atoms with Gasteiger partial charge in [-0.05, 0) is 31.0 Å². The molecule has 1 amide bonds. The van der Waals surface area contributed by atoms with E-state index in [1.807, 2.05) is 30.3 Å². The van der Waals surface area contributed by atoms with Gasteiger partial charge in [0.15, 0.2) is 0 Å². The highest BCUT2D eigenvalue weighted by atomic mass is 19.1. The second kappa shape index (κ2) is 8.84. The standard InChI is InChI=1S/C22H25FN4O3/c1-29-18-2-3-19-20(11-18)25-7-4-21(19)30-17-5-8-26(9-6-17)14-22(28)27-13-15(23)10-16(27)12-24/h2-4,7,11,15-17H,5-6,8-10,13-14H2,1H3/t15-,16?/m0/s1. The van der Waals surface area contributed by atoms with E-state index in [4.69, 9.17) is 14.7 Å². The van der Waals surface area contributed by atoms with Crippen molar-refractivity contribution in [3.63, 3.8) is 0 Å². The van der Waals surface area contributed by atoms with E-state index in [9.17, 15) is 9.18 Å². The van der Waals surface area contributed by atoms with Crippen LogP contribution in [0.15, 0.2) is 30.5 Å². The topological polar surface area (TPSA) is 78.7 Å². The summed E-state index contributed by atoms with van der Waals surface area (Å²) in [6.45, 7) is 1.68. The maximum absolute atomic E-state index is 13.6. The predicted molar refractivity (Wildman–Crippen MR) is 109 cm³/mol. The van der Waals surface area contributed by atoms with Gasteiger partial charge in [0.1, 0.15) is 29.8 Å². The molecule has 2 fully saturated rings. The molecule has 7 nitrogen and oxygen atoms in total. The van der Waals surface area contributed by atoms with Gasteiger partial charge in [0, 0.05) is 37.2 Å². The SMILES string of the molecule is COc1ccc2c(OC3CCN(CC(=O)N4C[C@@H](F)CC4C#N)CC3)ccnc2c1. The highest BCUT2D eigenvalue weighted by Gasteiger charge is 2.36. The van der Waals surface area contributed by atoms with Crippen LogP contribution >= 0.6 is 0 Å². The molecule has 2 saturated heterocycles. The zero-order valence-corrected chi connectivity index (χ0v) is 17.0. The van der Waals surface area contributed by atoms with Crippen LogP contribution in [0.4, 0.5) is 4.39 Å². The van der Waals surface area contributed by atoms with E-state index >= 15 is 0 Å². The largest absolute Gasteiger partial charge is 0.497 e. The molecule has 2 aliphatic heterocycles. The molecule has 0 spiro atoms. The molecule has 2 atom stereocenters. The van der Waals surface area contributed by atoms with Crippen LogP contribution in [0, 0.1) is 11.3 Å². The van der Waals surface area contributed by atoms with Crippen molar-refractivity contribution in [1.29, 1.82) is 5.26 Å². The Kier molecular flexibility index (Phi) is 6.00. The summed E-state index contributed by atoms with van der Waals surface area (Å²) in [4.78, 5) is 20.3. The number of rotatable bonds is 5. The molecule has 8 heteroatoms. The number of aromatic nitrogens is 1. The number of pyridine rings is 1. The number of fused-ring (bicyclic) bond motifs is 1. The second-order valence-electron chi connectivity index (χ2n) is 7.81. The Labute approximate surface area is 175 Å². The van der Waals surface area contributed by atoms with Gasteiger partial charge in [0.2, 0.25) is 5.91 Å². The molecule has 4 rings (SSSR count). The summed E-state index contributed by atoms with van der Waals surface area (Å²) >= 11 is 0. The summed E-state index contributed by atoms with van der Waals surface area (Å²) < 4.78 is 25.1. The molecule has 0 radical (unpaired) electrons. The predicted octanol–water partition coefficient (Wildman–Crippen LogP) is 2.55. The van der Waals surface area contributed by atoms with Crippen LogP contribution in [0.2, 0.25) is 0 Å². The Balaban J connectivity index is 1.33. The molecule has 2 aromatic rings. The molecule has 1 aromatic heterocycles. The second-order valence-corrected chi connectivity index (χ2v) is 7.81. The summed E-state index contributed by atoms with van der Waals surface area (Å²) in [6.07, 6.45) is 2.38. The summed E-state index contributed by atoms with van der Waals surface area (Å²) in [6, 6.07) is 8.97. The molecular weight excluding hydrogens is 387 g/mol. The Bertz CT molecular complexity index is 955. The van der Waals surface area contributed by atoms with Gasteiger partial charge in [-0.1, -0.05) is 0 Å². The minimum absolute atomic E-state index is 0.0243. The highest BCUT2D eigenvalue weighted by molar-refractivity contribution is 5.86. The fourth-order valence-electron chi connectivity index (χ4n) is 4.16. The summed E-state index contributed by atoms with van der Waals surface area (Å²) in [5, 5.41) is 10.1. The van der Waals surface area contributed by atoms with E-state index in [1.165, 1.54) is 4.90 Å². The van der Waals surface area contributed by atoms with Crippen molar-refractivity contribution >= 4 is 16.8 Å². The van der Waals surface area contributed by atoms with E-state index in [0.29, 0.717) is 0 Å². The zero-order valence-electron chi connectivity index (χ0n) is 17.0. The lowest BCUT2D eigenvalue weighted by Crippen LogP contribution is -2.46. The summed E-state index contributed by atoms with van der Waals surface area (Å²) in [5.41, 5.74) is 0.818. The summed E-state index contributed by atoms with van der Waals surface area (Å²) in [5.74, 6) is 1.37.